The normalized spacial score (nSPS) is 10.7. The maximum atomic E-state index is 13.4. The van der Waals surface area contributed by atoms with Crippen molar-refractivity contribution in [2.24, 2.45) is 0 Å². The molecule has 0 aliphatic rings. The van der Waals surface area contributed by atoms with Crippen LogP contribution in [0.1, 0.15) is 10.4 Å². The van der Waals surface area contributed by atoms with Crippen molar-refractivity contribution in [2.75, 3.05) is 12.4 Å². The predicted octanol–water partition coefficient (Wildman–Crippen LogP) is 4.86. The fraction of sp³-hybridized carbons (Fsp3) is 0.0435. The summed E-state index contributed by atoms with van der Waals surface area (Å²) < 4.78 is 24.4. The molecule has 0 saturated carbocycles. The first-order valence-electron chi connectivity index (χ1n) is 8.84. The van der Waals surface area contributed by atoms with Crippen molar-refractivity contribution in [2.45, 2.75) is 0 Å². The van der Waals surface area contributed by atoms with Crippen molar-refractivity contribution in [3.63, 3.8) is 0 Å². The van der Waals surface area contributed by atoms with E-state index in [-0.39, 0.29) is 16.9 Å². The Morgan fingerprint density at radius 1 is 1.00 bits per heavy atom. The Kier molecular flexibility index (Phi) is 4.83. The highest BCUT2D eigenvalue weighted by Crippen LogP contribution is 2.29. The summed E-state index contributed by atoms with van der Waals surface area (Å²) in [5.41, 5.74) is 0.945. The van der Waals surface area contributed by atoms with Crippen LogP contribution in [0.4, 0.5) is 10.3 Å². The van der Waals surface area contributed by atoms with Gasteiger partial charge in [-0.25, -0.2) is 4.39 Å². The van der Waals surface area contributed by atoms with Gasteiger partial charge < -0.3 is 9.15 Å². The zero-order valence-electron chi connectivity index (χ0n) is 15.4. The van der Waals surface area contributed by atoms with Crippen LogP contribution in [0.2, 0.25) is 0 Å². The quantitative estimate of drug-likeness (QED) is 0.541. The lowest BCUT2D eigenvalue weighted by molar-refractivity contribution is 0.102. The Labute approximate surface area is 165 Å². The van der Waals surface area contributed by atoms with Gasteiger partial charge in [0.05, 0.1) is 18.1 Å². The van der Waals surface area contributed by atoms with Gasteiger partial charge in [-0.05, 0) is 48.0 Å². The first-order valence-corrected chi connectivity index (χ1v) is 8.84. The zero-order valence-corrected chi connectivity index (χ0v) is 15.4. The molecule has 0 bridgehead atoms. The fourth-order valence-corrected chi connectivity index (χ4v) is 3.05. The summed E-state index contributed by atoms with van der Waals surface area (Å²) in [7, 11) is 1.51. The fourth-order valence-electron chi connectivity index (χ4n) is 3.05. The highest BCUT2D eigenvalue weighted by atomic mass is 19.1. The third kappa shape index (κ3) is 3.60. The predicted molar refractivity (Wildman–Crippen MR) is 109 cm³/mol. The molecule has 3 aromatic carbocycles. The van der Waals surface area contributed by atoms with Crippen molar-refractivity contribution in [1.82, 2.24) is 0 Å². The SMILES string of the molecule is COc1cccc(C(=O)Nc2oc3ccccc3c(=O)c2-c2ccc(F)cc2)c1. The van der Waals surface area contributed by atoms with Crippen molar-refractivity contribution in [3.8, 4) is 16.9 Å². The Balaban J connectivity index is 1.86. The van der Waals surface area contributed by atoms with Gasteiger partial charge in [0.15, 0.2) is 0 Å². The summed E-state index contributed by atoms with van der Waals surface area (Å²) in [6.45, 7) is 0. The van der Waals surface area contributed by atoms with Crippen LogP contribution in [-0.2, 0) is 0 Å². The monoisotopic (exact) mass is 389 g/mol. The van der Waals surface area contributed by atoms with Crippen molar-refractivity contribution < 1.29 is 18.3 Å². The number of hydrogen-bond donors (Lipinski definition) is 1. The summed E-state index contributed by atoms with van der Waals surface area (Å²) in [5, 5.41) is 3.04. The average molecular weight is 389 g/mol. The molecule has 0 aliphatic heterocycles. The minimum absolute atomic E-state index is 0.00636. The van der Waals surface area contributed by atoms with E-state index < -0.39 is 11.7 Å². The number of carbonyl (C=O) groups excluding carboxylic acids is 1. The lowest BCUT2D eigenvalue weighted by Crippen LogP contribution is -2.16. The molecule has 4 aromatic rings. The number of benzene rings is 3. The molecular weight excluding hydrogens is 373 g/mol. The molecule has 0 unspecified atom stereocenters. The number of halogens is 1. The van der Waals surface area contributed by atoms with E-state index in [4.69, 9.17) is 9.15 Å². The molecule has 0 atom stereocenters. The average Bonchev–Trinajstić information content (AvgIpc) is 2.75. The van der Waals surface area contributed by atoms with Gasteiger partial charge in [0.1, 0.15) is 17.1 Å². The molecule has 144 valence electrons. The third-order valence-corrected chi connectivity index (χ3v) is 4.49. The number of carbonyl (C=O) groups is 1. The summed E-state index contributed by atoms with van der Waals surface area (Å²) >= 11 is 0. The van der Waals surface area contributed by atoms with Gasteiger partial charge in [-0.2, -0.15) is 0 Å². The molecule has 29 heavy (non-hydrogen) atoms. The molecule has 1 aromatic heterocycles. The topological polar surface area (TPSA) is 68.5 Å². The maximum Gasteiger partial charge on any atom is 0.258 e. The van der Waals surface area contributed by atoms with E-state index in [9.17, 15) is 14.0 Å². The Morgan fingerprint density at radius 2 is 1.76 bits per heavy atom. The van der Waals surface area contributed by atoms with Crippen molar-refractivity contribution in [1.29, 1.82) is 0 Å². The molecule has 1 amide bonds. The van der Waals surface area contributed by atoms with E-state index in [0.717, 1.165) is 0 Å². The lowest BCUT2D eigenvalue weighted by Gasteiger charge is -2.12. The van der Waals surface area contributed by atoms with Gasteiger partial charge in [-0.15, -0.1) is 0 Å². The molecule has 6 heteroatoms. The number of hydrogen-bond acceptors (Lipinski definition) is 4. The Hall–Kier alpha value is -3.93. The van der Waals surface area contributed by atoms with Gasteiger partial charge in [-0.3, -0.25) is 14.9 Å². The molecule has 4 rings (SSSR count). The number of ether oxygens (including phenoxy) is 1. The van der Waals surface area contributed by atoms with Crippen LogP contribution in [0, 0.1) is 5.82 Å². The molecule has 0 aliphatic carbocycles. The van der Waals surface area contributed by atoms with E-state index in [0.29, 0.717) is 27.8 Å². The summed E-state index contributed by atoms with van der Waals surface area (Å²) in [6.07, 6.45) is 0. The summed E-state index contributed by atoms with van der Waals surface area (Å²) in [5.74, 6) is -0.379. The van der Waals surface area contributed by atoms with E-state index in [2.05, 4.69) is 5.32 Å². The number of methoxy groups -OCH3 is 1. The van der Waals surface area contributed by atoms with E-state index in [1.54, 1.807) is 48.5 Å². The van der Waals surface area contributed by atoms with Gasteiger partial charge in [-0.1, -0.05) is 30.3 Å². The number of rotatable bonds is 4. The Morgan fingerprint density at radius 3 is 2.52 bits per heavy atom. The first-order chi connectivity index (χ1) is 14.1. The number of amides is 1. The highest BCUT2D eigenvalue weighted by Gasteiger charge is 2.19. The molecule has 0 radical (unpaired) electrons. The second-order valence-corrected chi connectivity index (χ2v) is 6.32. The van der Waals surface area contributed by atoms with Gasteiger partial charge in [0.25, 0.3) is 5.91 Å². The van der Waals surface area contributed by atoms with Gasteiger partial charge >= 0.3 is 0 Å². The highest BCUT2D eigenvalue weighted by molar-refractivity contribution is 6.06. The smallest absolute Gasteiger partial charge is 0.258 e. The van der Waals surface area contributed by atoms with Crippen LogP contribution in [0.15, 0.2) is 82.0 Å². The number of fused-ring (bicyclic) bond motifs is 1. The minimum Gasteiger partial charge on any atom is -0.497 e. The van der Waals surface area contributed by atoms with E-state index in [1.165, 1.54) is 31.4 Å². The van der Waals surface area contributed by atoms with Crippen molar-refractivity contribution in [3.05, 3.63) is 94.4 Å². The molecular formula is C23H16FNO4. The molecule has 5 nitrogen and oxygen atoms in total. The largest absolute Gasteiger partial charge is 0.497 e. The zero-order chi connectivity index (χ0) is 20.4. The first kappa shape index (κ1) is 18.4. The van der Waals surface area contributed by atoms with Crippen LogP contribution < -0.4 is 15.5 Å². The third-order valence-electron chi connectivity index (χ3n) is 4.49. The van der Waals surface area contributed by atoms with E-state index >= 15 is 0 Å². The number of anilines is 1. The molecule has 0 spiro atoms. The maximum absolute atomic E-state index is 13.4. The van der Waals surface area contributed by atoms with Gasteiger partial charge in [0.2, 0.25) is 11.3 Å². The Bertz CT molecular complexity index is 1260. The standard InChI is InChI=1S/C23H16FNO4/c1-28-17-6-4-5-15(13-17)22(27)25-23-20(14-9-11-16(24)12-10-14)21(26)18-7-2-3-8-19(18)29-23/h2-13H,1H3,(H,25,27). The molecule has 1 N–H and O–H groups in total. The number of para-hydroxylation sites is 1. The second kappa shape index (κ2) is 7.59. The van der Waals surface area contributed by atoms with Crippen LogP contribution >= 0.6 is 0 Å². The lowest BCUT2D eigenvalue weighted by atomic mass is 10.0. The van der Waals surface area contributed by atoms with Gasteiger partial charge in [0, 0.05) is 5.56 Å². The van der Waals surface area contributed by atoms with E-state index in [1.807, 2.05) is 0 Å². The van der Waals surface area contributed by atoms with Crippen molar-refractivity contribution >= 4 is 22.8 Å². The van der Waals surface area contributed by atoms with Crippen LogP contribution in [-0.4, -0.2) is 13.0 Å². The number of nitrogens with one attached hydrogen (secondary N) is 1. The summed E-state index contributed by atoms with van der Waals surface area (Å²) in [4.78, 5) is 25.9. The van der Waals surface area contributed by atoms with Crippen LogP contribution in [0.5, 0.6) is 5.75 Å². The van der Waals surface area contributed by atoms with Crippen LogP contribution in [0.25, 0.3) is 22.1 Å². The summed E-state index contributed by atoms with van der Waals surface area (Å²) in [6, 6.07) is 18.8. The molecule has 1 heterocycles. The second-order valence-electron chi connectivity index (χ2n) is 6.32. The molecule has 0 fully saturated rings. The molecule has 0 saturated heterocycles. The van der Waals surface area contributed by atoms with Crippen LogP contribution in [0.3, 0.4) is 0 Å². The minimum atomic E-state index is -0.467.